The smallest absolute Gasteiger partial charge is 0.323 e. The van der Waals surface area contributed by atoms with E-state index in [1.807, 2.05) is 60.7 Å². The van der Waals surface area contributed by atoms with Crippen LogP contribution in [0.4, 0.5) is 10.6 Å². The number of ether oxygens (including phenoxy) is 3. The maximum absolute atomic E-state index is 13.6. The number of benzene rings is 3. The molecular weight excluding hydrogens is 492 g/mol. The fraction of sp³-hybridized carbons (Fsp3) is 0.250. The van der Waals surface area contributed by atoms with E-state index in [1.54, 1.807) is 19.1 Å². The molecule has 0 fully saturated rings. The molecule has 0 spiro atoms. The van der Waals surface area contributed by atoms with Gasteiger partial charge in [-0.2, -0.15) is 0 Å². The van der Waals surface area contributed by atoms with Crippen molar-refractivity contribution >= 4 is 34.5 Å². The number of anilines is 1. The summed E-state index contributed by atoms with van der Waals surface area (Å²) in [6.45, 7) is 0.945. The Morgan fingerprint density at radius 3 is 2.30 bits per heavy atom. The van der Waals surface area contributed by atoms with Crippen molar-refractivity contribution in [3.05, 3.63) is 82.4 Å². The molecule has 2 heterocycles. The van der Waals surface area contributed by atoms with Crippen molar-refractivity contribution in [3.63, 3.8) is 0 Å². The van der Waals surface area contributed by atoms with E-state index in [9.17, 15) is 4.79 Å². The molecule has 2 amide bonds. The molecule has 4 aromatic rings. The van der Waals surface area contributed by atoms with Crippen LogP contribution in [-0.2, 0) is 6.42 Å². The van der Waals surface area contributed by atoms with Gasteiger partial charge in [0.2, 0.25) is 0 Å². The number of urea groups is 1. The number of para-hydroxylation sites is 2. The normalized spacial score (nSPS) is 15.0. The van der Waals surface area contributed by atoms with Gasteiger partial charge in [0.25, 0.3) is 5.88 Å². The monoisotopic (exact) mass is 518 g/mol. The molecule has 1 aromatic heterocycles. The molecule has 9 heteroatoms. The number of nitrogens with zero attached hydrogens (tertiary/aromatic N) is 3. The van der Waals surface area contributed by atoms with Crippen molar-refractivity contribution in [3.8, 4) is 17.4 Å². The summed E-state index contributed by atoms with van der Waals surface area (Å²) in [5.41, 5.74) is 4.57. The molecule has 0 bridgehead atoms. The van der Waals surface area contributed by atoms with Crippen LogP contribution in [0.5, 0.6) is 17.4 Å². The molecule has 1 unspecified atom stereocenters. The highest BCUT2D eigenvalue weighted by atomic mass is 35.5. The predicted molar refractivity (Wildman–Crippen MR) is 143 cm³/mol. The molecule has 5 rings (SSSR count). The van der Waals surface area contributed by atoms with Crippen LogP contribution in [0, 0.1) is 0 Å². The highest BCUT2D eigenvalue weighted by molar-refractivity contribution is 6.30. The van der Waals surface area contributed by atoms with Gasteiger partial charge in [-0.15, -0.1) is 0 Å². The van der Waals surface area contributed by atoms with Gasteiger partial charge in [-0.05, 0) is 59.5 Å². The van der Waals surface area contributed by atoms with Gasteiger partial charge in [-0.25, -0.2) is 14.8 Å². The van der Waals surface area contributed by atoms with E-state index in [-0.39, 0.29) is 23.6 Å². The third-order valence-electron chi connectivity index (χ3n) is 6.59. The van der Waals surface area contributed by atoms with E-state index in [4.69, 9.17) is 25.8 Å². The van der Waals surface area contributed by atoms with E-state index in [0.29, 0.717) is 47.1 Å². The van der Waals surface area contributed by atoms with Crippen LogP contribution in [0.1, 0.15) is 22.6 Å². The van der Waals surface area contributed by atoms with Crippen LogP contribution < -0.4 is 19.5 Å². The third-order valence-corrected chi connectivity index (χ3v) is 6.84. The molecule has 8 nitrogen and oxygen atoms in total. The average Bonchev–Trinajstić information content (AvgIpc) is 3.11. The highest BCUT2D eigenvalue weighted by Gasteiger charge is 2.29. The van der Waals surface area contributed by atoms with Gasteiger partial charge in [0.1, 0.15) is 0 Å². The van der Waals surface area contributed by atoms with E-state index >= 15 is 0 Å². The van der Waals surface area contributed by atoms with Crippen molar-refractivity contribution in [2.75, 3.05) is 39.7 Å². The molecular formula is C28H27ClN4O4. The summed E-state index contributed by atoms with van der Waals surface area (Å²) >= 11 is 6.17. The number of halogens is 1. The lowest BCUT2D eigenvalue weighted by molar-refractivity contribution is 0.212. The lowest BCUT2D eigenvalue weighted by atomic mass is 9.87. The fourth-order valence-corrected chi connectivity index (χ4v) is 4.82. The van der Waals surface area contributed by atoms with Crippen molar-refractivity contribution in [2.45, 2.75) is 12.3 Å². The van der Waals surface area contributed by atoms with Crippen LogP contribution in [0.15, 0.2) is 60.7 Å². The average molecular weight is 519 g/mol. The van der Waals surface area contributed by atoms with Crippen molar-refractivity contribution in [2.24, 2.45) is 0 Å². The third kappa shape index (κ3) is 4.97. The number of amides is 2. The minimum absolute atomic E-state index is 0.107. The molecule has 0 saturated heterocycles. The van der Waals surface area contributed by atoms with Gasteiger partial charge < -0.3 is 19.1 Å². The molecule has 1 aliphatic heterocycles. The standard InChI is InChI=1S/C28H27ClN4O4/c1-35-24-14-18-12-13-33(16-21(20(18)15-25(24)36-2)17-8-10-19(29)11-9-17)28(34)32-26-27(37-3)31-23-7-5-4-6-22(23)30-26/h4-11,14-15,21H,12-13,16H2,1-3H3,(H,30,32,34). The zero-order valence-electron chi connectivity index (χ0n) is 20.8. The fourth-order valence-electron chi connectivity index (χ4n) is 4.70. The summed E-state index contributed by atoms with van der Waals surface area (Å²) in [6, 6.07) is 18.9. The number of rotatable bonds is 5. The number of methoxy groups -OCH3 is 3. The zero-order chi connectivity index (χ0) is 25.9. The first-order valence-corrected chi connectivity index (χ1v) is 12.3. The zero-order valence-corrected chi connectivity index (χ0v) is 21.6. The Kier molecular flexibility index (Phi) is 7.01. The Morgan fingerprint density at radius 2 is 1.62 bits per heavy atom. The van der Waals surface area contributed by atoms with Crippen LogP contribution in [-0.4, -0.2) is 55.3 Å². The van der Waals surface area contributed by atoms with Gasteiger partial charge in [-0.3, -0.25) is 5.32 Å². The Labute approximate surface area is 220 Å². The molecule has 3 aromatic carbocycles. The minimum Gasteiger partial charge on any atom is -0.493 e. The quantitative estimate of drug-likeness (QED) is 0.374. The van der Waals surface area contributed by atoms with E-state index in [1.165, 1.54) is 7.11 Å². The number of hydrogen-bond donors (Lipinski definition) is 1. The first-order valence-electron chi connectivity index (χ1n) is 11.9. The van der Waals surface area contributed by atoms with Gasteiger partial charge in [-0.1, -0.05) is 35.9 Å². The summed E-state index contributed by atoms with van der Waals surface area (Å²) in [5, 5.41) is 3.58. The molecule has 190 valence electrons. The van der Waals surface area contributed by atoms with E-state index < -0.39 is 0 Å². The minimum atomic E-state index is -0.284. The Hall–Kier alpha value is -4.04. The first-order chi connectivity index (χ1) is 18.0. The van der Waals surface area contributed by atoms with E-state index in [2.05, 4.69) is 15.3 Å². The van der Waals surface area contributed by atoms with Crippen LogP contribution >= 0.6 is 11.6 Å². The summed E-state index contributed by atoms with van der Waals surface area (Å²) in [6.07, 6.45) is 0.647. The molecule has 1 atom stereocenters. The second-order valence-corrected chi connectivity index (χ2v) is 9.14. The topological polar surface area (TPSA) is 85.8 Å². The summed E-state index contributed by atoms with van der Waals surface area (Å²) < 4.78 is 16.6. The Balaban J connectivity index is 1.50. The molecule has 1 N–H and O–H groups in total. The van der Waals surface area contributed by atoms with Crippen molar-refractivity contribution < 1.29 is 19.0 Å². The maximum atomic E-state index is 13.6. The Bertz CT molecular complexity index is 1440. The van der Waals surface area contributed by atoms with Crippen molar-refractivity contribution in [1.29, 1.82) is 0 Å². The summed E-state index contributed by atoms with van der Waals surface area (Å²) in [5.74, 6) is 1.73. The second kappa shape index (κ2) is 10.5. The second-order valence-electron chi connectivity index (χ2n) is 8.71. The number of nitrogens with one attached hydrogen (secondary N) is 1. The summed E-state index contributed by atoms with van der Waals surface area (Å²) in [7, 11) is 4.75. The van der Waals surface area contributed by atoms with Crippen LogP contribution in [0.25, 0.3) is 11.0 Å². The number of hydrogen-bond acceptors (Lipinski definition) is 6. The number of aromatic nitrogens is 2. The largest absolute Gasteiger partial charge is 0.493 e. The van der Waals surface area contributed by atoms with Crippen molar-refractivity contribution in [1.82, 2.24) is 14.9 Å². The molecule has 0 radical (unpaired) electrons. The number of carbonyl (C=O) groups is 1. The maximum Gasteiger partial charge on any atom is 0.323 e. The lowest BCUT2D eigenvalue weighted by Crippen LogP contribution is -2.38. The Morgan fingerprint density at radius 1 is 0.946 bits per heavy atom. The van der Waals surface area contributed by atoms with E-state index in [0.717, 1.165) is 16.7 Å². The van der Waals surface area contributed by atoms with Crippen LogP contribution in [0.3, 0.4) is 0 Å². The number of carbonyl (C=O) groups excluding carboxylic acids is 1. The molecule has 0 saturated carbocycles. The first kappa shape index (κ1) is 24.6. The molecule has 0 aliphatic carbocycles. The van der Waals surface area contributed by atoms with Crippen LogP contribution in [0.2, 0.25) is 5.02 Å². The van der Waals surface area contributed by atoms with Gasteiger partial charge in [0, 0.05) is 24.0 Å². The lowest BCUT2D eigenvalue weighted by Gasteiger charge is -2.26. The number of fused-ring (bicyclic) bond motifs is 2. The molecule has 37 heavy (non-hydrogen) atoms. The van der Waals surface area contributed by atoms with Gasteiger partial charge in [0.05, 0.1) is 32.4 Å². The molecule has 1 aliphatic rings. The highest BCUT2D eigenvalue weighted by Crippen LogP contribution is 2.39. The predicted octanol–water partition coefficient (Wildman–Crippen LogP) is 5.53. The van der Waals surface area contributed by atoms with Gasteiger partial charge in [0.15, 0.2) is 17.3 Å². The SMILES string of the molecule is COc1cc2c(cc1OC)C(c1ccc(Cl)cc1)CN(C(=O)Nc1nc3ccccc3nc1OC)CC2. The van der Waals surface area contributed by atoms with Gasteiger partial charge >= 0.3 is 6.03 Å². The summed E-state index contributed by atoms with van der Waals surface area (Å²) in [4.78, 5) is 24.4.